The first-order chi connectivity index (χ1) is 7.08. The van der Waals surface area contributed by atoms with Crippen LogP contribution in [0.2, 0.25) is 0 Å². The number of hydrogen-bond donors (Lipinski definition) is 0. The number of epoxide rings is 1. The predicted octanol–water partition coefficient (Wildman–Crippen LogP) is 1.78. The molecule has 1 heterocycles. The van der Waals surface area contributed by atoms with Gasteiger partial charge in [-0.25, -0.2) is 4.79 Å². The zero-order valence-corrected chi connectivity index (χ0v) is 9.11. The highest BCUT2D eigenvalue weighted by molar-refractivity contribution is 5.79. The molecule has 0 bridgehead atoms. The van der Waals surface area contributed by atoms with Crippen molar-refractivity contribution in [2.24, 2.45) is 0 Å². The number of carbonyl (C=O) groups excluding carboxylic acids is 1. The molecule has 0 aromatic heterocycles. The van der Waals surface area contributed by atoms with E-state index in [-0.39, 0.29) is 5.97 Å². The minimum atomic E-state index is -0.499. The zero-order valence-electron chi connectivity index (χ0n) is 9.11. The molecule has 0 unspecified atom stereocenters. The number of benzene rings is 1. The van der Waals surface area contributed by atoms with Gasteiger partial charge in [-0.15, -0.1) is 0 Å². The summed E-state index contributed by atoms with van der Waals surface area (Å²) in [5.41, 5.74) is 1.71. The lowest BCUT2D eigenvalue weighted by Crippen LogP contribution is -2.17. The average molecular weight is 206 g/mol. The van der Waals surface area contributed by atoms with Gasteiger partial charge < -0.3 is 9.47 Å². The van der Waals surface area contributed by atoms with E-state index in [1.165, 1.54) is 12.7 Å². The number of hydrogen-bond acceptors (Lipinski definition) is 3. The Labute approximate surface area is 89.0 Å². The van der Waals surface area contributed by atoms with Crippen molar-refractivity contribution < 1.29 is 14.3 Å². The van der Waals surface area contributed by atoms with Crippen LogP contribution in [0.25, 0.3) is 0 Å². The van der Waals surface area contributed by atoms with Crippen LogP contribution in [0, 0.1) is 6.92 Å². The summed E-state index contributed by atoms with van der Waals surface area (Å²) < 4.78 is 10.1. The van der Waals surface area contributed by atoms with E-state index in [9.17, 15) is 4.79 Å². The molecule has 3 heteroatoms. The van der Waals surface area contributed by atoms with Crippen LogP contribution in [0.4, 0.5) is 0 Å². The van der Waals surface area contributed by atoms with Gasteiger partial charge in [0, 0.05) is 0 Å². The third-order valence-corrected chi connectivity index (χ3v) is 2.85. The van der Waals surface area contributed by atoms with E-state index in [1.54, 1.807) is 0 Å². The van der Waals surface area contributed by atoms with E-state index in [4.69, 9.17) is 4.74 Å². The summed E-state index contributed by atoms with van der Waals surface area (Å²) >= 11 is 0. The van der Waals surface area contributed by atoms with E-state index in [0.29, 0.717) is 0 Å². The van der Waals surface area contributed by atoms with E-state index in [1.807, 2.05) is 38.1 Å². The topological polar surface area (TPSA) is 38.8 Å². The van der Waals surface area contributed by atoms with Crippen molar-refractivity contribution in [2.75, 3.05) is 7.11 Å². The Hall–Kier alpha value is -1.35. The third-order valence-electron chi connectivity index (χ3n) is 2.85. The van der Waals surface area contributed by atoms with Crippen molar-refractivity contribution in [1.82, 2.24) is 0 Å². The van der Waals surface area contributed by atoms with Crippen molar-refractivity contribution in [2.45, 2.75) is 25.6 Å². The van der Waals surface area contributed by atoms with Gasteiger partial charge in [-0.3, -0.25) is 0 Å². The number of ether oxygens (including phenoxy) is 2. The van der Waals surface area contributed by atoms with Gasteiger partial charge in [0.2, 0.25) is 0 Å². The van der Waals surface area contributed by atoms with E-state index < -0.39 is 11.7 Å². The SMILES string of the molecule is COC(=O)[C@H]1O[C@]1(C)c1ccc(C)cc1. The zero-order chi connectivity index (χ0) is 11.1. The van der Waals surface area contributed by atoms with Gasteiger partial charge in [0.05, 0.1) is 7.11 Å². The van der Waals surface area contributed by atoms with Gasteiger partial charge in [0.1, 0.15) is 5.60 Å². The van der Waals surface area contributed by atoms with Crippen molar-refractivity contribution in [3.8, 4) is 0 Å². The quantitative estimate of drug-likeness (QED) is 0.547. The molecule has 15 heavy (non-hydrogen) atoms. The van der Waals surface area contributed by atoms with Gasteiger partial charge in [-0.1, -0.05) is 29.8 Å². The molecule has 1 aliphatic rings. The fraction of sp³-hybridized carbons (Fsp3) is 0.417. The first kappa shape index (κ1) is 10.2. The second-order valence-electron chi connectivity index (χ2n) is 3.99. The highest BCUT2D eigenvalue weighted by Crippen LogP contribution is 2.46. The molecule has 1 saturated heterocycles. The van der Waals surface area contributed by atoms with Gasteiger partial charge >= 0.3 is 5.97 Å². The smallest absolute Gasteiger partial charge is 0.338 e. The lowest BCUT2D eigenvalue weighted by molar-refractivity contribution is -0.142. The van der Waals surface area contributed by atoms with E-state index in [0.717, 1.165) is 5.56 Å². The predicted molar refractivity (Wildman–Crippen MR) is 55.4 cm³/mol. The van der Waals surface area contributed by atoms with E-state index >= 15 is 0 Å². The first-order valence-electron chi connectivity index (χ1n) is 4.91. The molecule has 0 aliphatic carbocycles. The number of methoxy groups -OCH3 is 1. The highest BCUT2D eigenvalue weighted by Gasteiger charge is 2.59. The minimum Gasteiger partial charge on any atom is -0.467 e. The Morgan fingerprint density at radius 2 is 2.00 bits per heavy atom. The normalized spacial score (nSPS) is 28.6. The lowest BCUT2D eigenvalue weighted by atomic mass is 9.96. The van der Waals surface area contributed by atoms with E-state index in [2.05, 4.69) is 4.74 Å². The van der Waals surface area contributed by atoms with Crippen LogP contribution in [0.3, 0.4) is 0 Å². The van der Waals surface area contributed by atoms with Crippen LogP contribution in [0.5, 0.6) is 0 Å². The molecule has 1 aromatic carbocycles. The average Bonchev–Trinajstić information content (AvgIpc) is 2.92. The number of rotatable bonds is 2. The summed E-state index contributed by atoms with van der Waals surface area (Å²) in [5.74, 6) is -0.307. The van der Waals surface area contributed by atoms with Crippen LogP contribution < -0.4 is 0 Å². The maximum Gasteiger partial charge on any atom is 0.338 e. The summed E-state index contributed by atoms with van der Waals surface area (Å²) in [7, 11) is 1.37. The lowest BCUT2D eigenvalue weighted by Gasteiger charge is -2.06. The van der Waals surface area contributed by atoms with Gasteiger partial charge in [0.25, 0.3) is 0 Å². The molecule has 0 N–H and O–H groups in total. The fourth-order valence-corrected chi connectivity index (χ4v) is 1.69. The maximum absolute atomic E-state index is 11.3. The molecular formula is C12H14O3. The van der Waals surface area contributed by atoms with Crippen molar-refractivity contribution in [3.05, 3.63) is 35.4 Å². The number of aryl methyl sites for hydroxylation is 1. The van der Waals surface area contributed by atoms with Crippen LogP contribution in [0.15, 0.2) is 24.3 Å². The monoisotopic (exact) mass is 206 g/mol. The molecule has 0 amide bonds. The highest BCUT2D eigenvalue weighted by atomic mass is 16.6. The van der Waals surface area contributed by atoms with Crippen LogP contribution in [0.1, 0.15) is 18.1 Å². The summed E-state index contributed by atoms with van der Waals surface area (Å²) in [6.07, 6.45) is -0.454. The fourth-order valence-electron chi connectivity index (χ4n) is 1.69. The maximum atomic E-state index is 11.3. The molecule has 2 atom stereocenters. The van der Waals surface area contributed by atoms with Crippen molar-refractivity contribution in [3.63, 3.8) is 0 Å². The van der Waals surface area contributed by atoms with Gasteiger partial charge in [-0.2, -0.15) is 0 Å². The molecule has 3 nitrogen and oxygen atoms in total. The largest absolute Gasteiger partial charge is 0.467 e. The van der Waals surface area contributed by atoms with Crippen molar-refractivity contribution >= 4 is 5.97 Å². The molecule has 0 spiro atoms. The number of carbonyl (C=O) groups is 1. The summed E-state index contributed by atoms with van der Waals surface area (Å²) in [5, 5.41) is 0. The van der Waals surface area contributed by atoms with Gasteiger partial charge in [0.15, 0.2) is 6.10 Å². The molecule has 80 valence electrons. The molecule has 0 saturated carbocycles. The Kier molecular flexibility index (Phi) is 2.27. The molecule has 1 aliphatic heterocycles. The number of esters is 1. The molecule has 2 rings (SSSR count). The summed E-state index contributed by atoms with van der Waals surface area (Å²) in [4.78, 5) is 11.3. The second-order valence-corrected chi connectivity index (χ2v) is 3.99. The standard InChI is InChI=1S/C12H14O3/c1-8-4-6-9(7-5-8)12(2)10(15-12)11(13)14-3/h4-7,10H,1-3H3/t10-,12-/m1/s1. The molecule has 0 radical (unpaired) electrons. The Morgan fingerprint density at radius 3 is 2.53 bits per heavy atom. The molecule has 1 aromatic rings. The molecule has 1 fully saturated rings. The Morgan fingerprint density at radius 1 is 1.40 bits per heavy atom. The van der Waals surface area contributed by atoms with Crippen LogP contribution in [-0.2, 0) is 19.9 Å². The van der Waals surface area contributed by atoms with Crippen LogP contribution >= 0.6 is 0 Å². The summed E-state index contributed by atoms with van der Waals surface area (Å²) in [6.45, 7) is 3.93. The van der Waals surface area contributed by atoms with Crippen LogP contribution in [-0.4, -0.2) is 19.2 Å². The second kappa shape index (κ2) is 3.35. The minimum absolute atomic E-state index is 0.307. The third kappa shape index (κ3) is 1.63. The molecular weight excluding hydrogens is 192 g/mol. The summed E-state index contributed by atoms with van der Waals surface area (Å²) in [6, 6.07) is 7.99. The van der Waals surface area contributed by atoms with Gasteiger partial charge in [-0.05, 0) is 19.4 Å². The Balaban J connectivity index is 2.19. The Bertz CT molecular complexity index is 382. The van der Waals surface area contributed by atoms with Crippen molar-refractivity contribution in [1.29, 1.82) is 0 Å². The first-order valence-corrected chi connectivity index (χ1v) is 4.91.